The number of hydrogen-bond acceptors (Lipinski definition) is 4. The lowest BCUT2D eigenvalue weighted by molar-refractivity contribution is 0.426. The molecule has 0 fully saturated rings. The van der Waals surface area contributed by atoms with E-state index in [1.165, 1.54) is 0 Å². The summed E-state index contributed by atoms with van der Waals surface area (Å²) >= 11 is 1.68. The highest BCUT2D eigenvalue weighted by Gasteiger charge is 2.08. The Hall–Kier alpha value is -1.49. The van der Waals surface area contributed by atoms with Gasteiger partial charge in [0.15, 0.2) is 0 Å². The first-order valence-corrected chi connectivity index (χ1v) is 7.59. The number of anilines is 1. The van der Waals surface area contributed by atoms with Gasteiger partial charge in [0.25, 0.3) is 0 Å². The standard InChI is InChI=1S/C14H20N4S/c1-3-13(4-2)18-8-7-12(17-18)10-19-14-6-5-11(15)9-16-14/h5-9,13H,3-4,10,15H2,1-2H3. The number of hydrogen-bond donors (Lipinski definition) is 1. The van der Waals surface area contributed by atoms with Crippen LogP contribution in [0.5, 0.6) is 0 Å². The zero-order valence-corrected chi connectivity index (χ0v) is 12.2. The zero-order chi connectivity index (χ0) is 13.7. The van der Waals surface area contributed by atoms with Crippen LogP contribution < -0.4 is 5.73 Å². The molecule has 0 unspecified atom stereocenters. The largest absolute Gasteiger partial charge is 0.397 e. The van der Waals surface area contributed by atoms with E-state index in [9.17, 15) is 0 Å². The van der Waals surface area contributed by atoms with Crippen molar-refractivity contribution in [3.05, 3.63) is 36.3 Å². The van der Waals surface area contributed by atoms with Crippen LogP contribution in [0.15, 0.2) is 35.6 Å². The van der Waals surface area contributed by atoms with Crippen molar-refractivity contribution in [3.8, 4) is 0 Å². The van der Waals surface area contributed by atoms with Gasteiger partial charge in [-0.15, -0.1) is 0 Å². The second-order valence-corrected chi connectivity index (χ2v) is 5.47. The predicted octanol–water partition coefficient (Wildman–Crippen LogP) is 3.51. The number of thioether (sulfide) groups is 1. The molecule has 0 saturated carbocycles. The summed E-state index contributed by atoms with van der Waals surface area (Å²) in [6, 6.07) is 6.41. The molecule has 0 aliphatic rings. The molecule has 0 atom stereocenters. The van der Waals surface area contributed by atoms with Crippen molar-refractivity contribution >= 4 is 17.4 Å². The van der Waals surface area contributed by atoms with E-state index in [4.69, 9.17) is 5.73 Å². The Morgan fingerprint density at radius 3 is 2.68 bits per heavy atom. The maximum atomic E-state index is 5.61. The van der Waals surface area contributed by atoms with Gasteiger partial charge in [0.1, 0.15) is 0 Å². The summed E-state index contributed by atoms with van der Waals surface area (Å²) in [5, 5.41) is 5.61. The van der Waals surface area contributed by atoms with Crippen molar-refractivity contribution in [2.45, 2.75) is 43.5 Å². The van der Waals surface area contributed by atoms with Gasteiger partial charge in [-0.05, 0) is 31.0 Å². The fourth-order valence-electron chi connectivity index (χ4n) is 1.95. The van der Waals surface area contributed by atoms with Crippen LogP contribution in [-0.2, 0) is 5.75 Å². The van der Waals surface area contributed by atoms with Crippen LogP contribution in [-0.4, -0.2) is 14.8 Å². The number of pyridine rings is 1. The third kappa shape index (κ3) is 3.73. The first kappa shape index (κ1) is 13.9. The van der Waals surface area contributed by atoms with Crippen LogP contribution in [0.25, 0.3) is 0 Å². The first-order chi connectivity index (χ1) is 9.22. The van der Waals surface area contributed by atoms with E-state index in [2.05, 4.69) is 40.9 Å². The number of nitrogens with two attached hydrogens (primary N) is 1. The number of nitrogens with zero attached hydrogens (tertiary/aromatic N) is 3. The molecule has 19 heavy (non-hydrogen) atoms. The Labute approximate surface area is 118 Å². The van der Waals surface area contributed by atoms with Crippen molar-refractivity contribution in [1.82, 2.24) is 14.8 Å². The molecule has 2 rings (SSSR count). The zero-order valence-electron chi connectivity index (χ0n) is 11.4. The van der Waals surface area contributed by atoms with Gasteiger partial charge in [0.2, 0.25) is 0 Å². The normalized spacial score (nSPS) is 11.1. The lowest BCUT2D eigenvalue weighted by Crippen LogP contribution is -2.07. The van der Waals surface area contributed by atoms with Crippen LogP contribution >= 0.6 is 11.8 Å². The Bertz CT molecular complexity index is 502. The molecule has 4 nitrogen and oxygen atoms in total. The van der Waals surface area contributed by atoms with E-state index in [1.54, 1.807) is 18.0 Å². The molecule has 2 heterocycles. The summed E-state index contributed by atoms with van der Waals surface area (Å²) in [7, 11) is 0. The van der Waals surface area contributed by atoms with Crippen molar-refractivity contribution in [2.75, 3.05) is 5.73 Å². The first-order valence-electron chi connectivity index (χ1n) is 6.61. The minimum atomic E-state index is 0.508. The van der Waals surface area contributed by atoms with E-state index in [0.717, 1.165) is 29.3 Å². The third-order valence-electron chi connectivity index (χ3n) is 3.11. The highest BCUT2D eigenvalue weighted by molar-refractivity contribution is 7.98. The molecular formula is C14H20N4S. The SMILES string of the molecule is CCC(CC)n1ccc(CSc2ccc(N)cn2)n1. The molecule has 0 saturated heterocycles. The van der Waals surface area contributed by atoms with Crippen molar-refractivity contribution in [1.29, 1.82) is 0 Å². The minimum absolute atomic E-state index is 0.508. The summed E-state index contributed by atoms with van der Waals surface area (Å²) in [4.78, 5) is 4.27. The van der Waals surface area contributed by atoms with Crippen LogP contribution in [0.2, 0.25) is 0 Å². The molecule has 0 aliphatic heterocycles. The molecule has 2 N–H and O–H groups in total. The third-order valence-corrected chi connectivity index (χ3v) is 4.08. The van der Waals surface area contributed by atoms with Crippen LogP contribution in [0.1, 0.15) is 38.4 Å². The quantitative estimate of drug-likeness (QED) is 0.820. The predicted molar refractivity (Wildman–Crippen MR) is 80.1 cm³/mol. The van der Waals surface area contributed by atoms with Gasteiger partial charge >= 0.3 is 0 Å². The van der Waals surface area contributed by atoms with Crippen LogP contribution in [0, 0.1) is 0 Å². The molecule has 2 aromatic heterocycles. The lowest BCUT2D eigenvalue weighted by Gasteiger charge is -2.12. The van der Waals surface area contributed by atoms with Gasteiger partial charge in [0.05, 0.1) is 28.6 Å². The second-order valence-electron chi connectivity index (χ2n) is 4.48. The summed E-state index contributed by atoms with van der Waals surface area (Å²) < 4.78 is 2.08. The molecule has 102 valence electrons. The van der Waals surface area contributed by atoms with Crippen molar-refractivity contribution in [2.24, 2.45) is 0 Å². The maximum Gasteiger partial charge on any atom is 0.0965 e. The van der Waals surface area contributed by atoms with Gasteiger partial charge in [-0.1, -0.05) is 25.6 Å². The fourth-order valence-corrected chi connectivity index (χ4v) is 2.69. The van der Waals surface area contributed by atoms with Gasteiger partial charge in [0, 0.05) is 11.9 Å². The van der Waals surface area contributed by atoms with Crippen LogP contribution in [0.4, 0.5) is 5.69 Å². The topological polar surface area (TPSA) is 56.7 Å². The molecule has 0 bridgehead atoms. The summed E-state index contributed by atoms with van der Waals surface area (Å²) in [6.45, 7) is 4.39. The number of aromatic nitrogens is 3. The Balaban J connectivity index is 1.95. The van der Waals surface area contributed by atoms with Crippen LogP contribution in [0.3, 0.4) is 0 Å². The van der Waals surface area contributed by atoms with E-state index >= 15 is 0 Å². The number of rotatable bonds is 6. The summed E-state index contributed by atoms with van der Waals surface area (Å²) in [5.74, 6) is 0.837. The number of nitrogen functional groups attached to an aromatic ring is 1. The van der Waals surface area contributed by atoms with Gasteiger partial charge < -0.3 is 5.73 Å². The van der Waals surface area contributed by atoms with Gasteiger partial charge in [-0.3, -0.25) is 4.68 Å². The van der Waals surface area contributed by atoms with Gasteiger partial charge in [-0.25, -0.2) is 4.98 Å². The molecule has 0 aliphatic carbocycles. The molecule has 0 amide bonds. The lowest BCUT2D eigenvalue weighted by atomic mass is 10.2. The molecule has 0 aromatic carbocycles. The molecule has 0 spiro atoms. The van der Waals surface area contributed by atoms with Gasteiger partial charge in [-0.2, -0.15) is 5.10 Å². The molecule has 5 heteroatoms. The Kier molecular flexibility index (Phi) is 4.85. The van der Waals surface area contributed by atoms with E-state index in [0.29, 0.717) is 11.7 Å². The molecule has 0 radical (unpaired) electrons. The second kappa shape index (κ2) is 6.61. The highest BCUT2D eigenvalue weighted by atomic mass is 32.2. The summed E-state index contributed by atoms with van der Waals surface area (Å²) in [6.07, 6.45) is 5.99. The smallest absolute Gasteiger partial charge is 0.0965 e. The maximum absolute atomic E-state index is 5.61. The average molecular weight is 276 g/mol. The molecular weight excluding hydrogens is 256 g/mol. The highest BCUT2D eigenvalue weighted by Crippen LogP contribution is 2.21. The summed E-state index contributed by atoms with van der Waals surface area (Å²) in [5.41, 5.74) is 7.40. The van der Waals surface area contributed by atoms with E-state index < -0.39 is 0 Å². The average Bonchev–Trinajstić information content (AvgIpc) is 2.88. The monoisotopic (exact) mass is 276 g/mol. The van der Waals surface area contributed by atoms with Crippen molar-refractivity contribution in [3.63, 3.8) is 0 Å². The minimum Gasteiger partial charge on any atom is -0.397 e. The molecule has 2 aromatic rings. The fraction of sp³-hybridized carbons (Fsp3) is 0.429. The van der Waals surface area contributed by atoms with E-state index in [1.807, 2.05) is 12.1 Å². The Morgan fingerprint density at radius 1 is 1.26 bits per heavy atom. The van der Waals surface area contributed by atoms with Crippen molar-refractivity contribution < 1.29 is 0 Å². The Morgan fingerprint density at radius 2 is 2.05 bits per heavy atom. The van der Waals surface area contributed by atoms with E-state index in [-0.39, 0.29) is 0 Å².